The van der Waals surface area contributed by atoms with Crippen LogP contribution in [0.5, 0.6) is 0 Å². The normalized spacial score (nSPS) is 19.0. The zero-order chi connectivity index (χ0) is 14.3. The Balaban J connectivity index is 2.61. The minimum Gasteiger partial charge on any atom is -0.479 e. The number of nitrogens with zero attached hydrogens (tertiary/aromatic N) is 2. The van der Waals surface area contributed by atoms with Gasteiger partial charge in [-0.1, -0.05) is 6.08 Å². The van der Waals surface area contributed by atoms with Crippen LogP contribution in [0.25, 0.3) is 0 Å². The molecule has 1 heterocycles. The Bertz CT molecular complexity index is 334. The van der Waals surface area contributed by atoms with E-state index in [-0.39, 0.29) is 19.2 Å². The van der Waals surface area contributed by atoms with Crippen molar-refractivity contribution in [3.8, 4) is 0 Å². The predicted octanol–water partition coefficient (Wildman–Crippen LogP) is 0.0262. The summed E-state index contributed by atoms with van der Waals surface area (Å²) in [5.74, 6) is -1.05. The van der Waals surface area contributed by atoms with Gasteiger partial charge in [-0.15, -0.1) is 6.58 Å². The minimum absolute atomic E-state index is 0.0643. The van der Waals surface area contributed by atoms with Gasteiger partial charge in [-0.05, 0) is 0 Å². The first-order valence-corrected chi connectivity index (χ1v) is 6.08. The van der Waals surface area contributed by atoms with E-state index in [1.807, 2.05) is 0 Å². The quantitative estimate of drug-likeness (QED) is 0.690. The maximum absolute atomic E-state index is 12.3. The topological polar surface area (TPSA) is 79.3 Å². The molecule has 0 aromatic heterocycles. The lowest BCUT2D eigenvalue weighted by molar-refractivity contribution is -0.154. The standard InChI is InChI=1S/C12H20N2O5/c1-3-4-13(5-7-18-2)12(17)14-6-8-19-10(9-14)11(15)16/h3,10H,1,4-9H2,2H3,(H,15,16). The van der Waals surface area contributed by atoms with Gasteiger partial charge < -0.3 is 24.4 Å². The number of urea groups is 1. The van der Waals surface area contributed by atoms with Crippen LogP contribution in [0.4, 0.5) is 4.79 Å². The number of carbonyl (C=O) groups excluding carboxylic acids is 1. The Kier molecular flexibility index (Phi) is 6.31. The summed E-state index contributed by atoms with van der Waals surface area (Å²) in [6.07, 6.45) is 0.675. The fourth-order valence-corrected chi connectivity index (χ4v) is 1.79. The molecule has 108 valence electrons. The number of carbonyl (C=O) groups is 2. The smallest absolute Gasteiger partial charge is 0.334 e. The molecule has 19 heavy (non-hydrogen) atoms. The molecule has 0 spiro atoms. The Morgan fingerprint density at radius 3 is 2.95 bits per heavy atom. The monoisotopic (exact) mass is 272 g/mol. The summed E-state index contributed by atoms with van der Waals surface area (Å²) in [6, 6.07) is -0.216. The Labute approximate surface area is 112 Å². The van der Waals surface area contributed by atoms with Gasteiger partial charge in [-0.25, -0.2) is 9.59 Å². The largest absolute Gasteiger partial charge is 0.479 e. The highest BCUT2D eigenvalue weighted by Crippen LogP contribution is 2.09. The molecule has 7 heteroatoms. The summed E-state index contributed by atoms with van der Waals surface area (Å²) >= 11 is 0. The lowest BCUT2D eigenvalue weighted by atomic mass is 10.3. The SMILES string of the molecule is C=CCN(CCOC)C(=O)N1CCOC(C(=O)O)C1. The van der Waals surface area contributed by atoms with E-state index in [1.54, 1.807) is 18.1 Å². The maximum atomic E-state index is 12.3. The summed E-state index contributed by atoms with van der Waals surface area (Å²) in [5.41, 5.74) is 0. The van der Waals surface area contributed by atoms with Gasteiger partial charge in [0.1, 0.15) is 0 Å². The van der Waals surface area contributed by atoms with Crippen LogP contribution in [-0.2, 0) is 14.3 Å². The summed E-state index contributed by atoms with van der Waals surface area (Å²) in [5, 5.41) is 8.91. The molecular weight excluding hydrogens is 252 g/mol. The van der Waals surface area contributed by atoms with Gasteiger partial charge in [0.25, 0.3) is 0 Å². The van der Waals surface area contributed by atoms with Crippen LogP contribution in [0.2, 0.25) is 0 Å². The van der Waals surface area contributed by atoms with Crippen LogP contribution >= 0.6 is 0 Å². The first-order chi connectivity index (χ1) is 9.10. The molecule has 0 bridgehead atoms. The lowest BCUT2D eigenvalue weighted by Gasteiger charge is -2.34. The molecule has 1 aliphatic rings. The molecule has 0 aromatic carbocycles. The van der Waals surface area contributed by atoms with Crippen LogP contribution < -0.4 is 0 Å². The molecule has 0 aliphatic carbocycles. The highest BCUT2D eigenvalue weighted by Gasteiger charge is 2.30. The first kappa shape index (κ1) is 15.5. The molecule has 1 unspecified atom stereocenters. The van der Waals surface area contributed by atoms with Gasteiger partial charge in [-0.3, -0.25) is 0 Å². The van der Waals surface area contributed by atoms with Gasteiger partial charge in [-0.2, -0.15) is 0 Å². The van der Waals surface area contributed by atoms with Crippen molar-refractivity contribution in [2.24, 2.45) is 0 Å². The molecule has 0 radical (unpaired) electrons. The molecule has 1 rings (SSSR count). The zero-order valence-corrected chi connectivity index (χ0v) is 11.1. The summed E-state index contributed by atoms with van der Waals surface area (Å²) in [7, 11) is 1.56. The van der Waals surface area contributed by atoms with Crippen molar-refractivity contribution in [1.82, 2.24) is 9.80 Å². The second kappa shape index (κ2) is 7.75. The van der Waals surface area contributed by atoms with Gasteiger partial charge >= 0.3 is 12.0 Å². The van der Waals surface area contributed by atoms with E-state index in [1.165, 1.54) is 4.90 Å². The van der Waals surface area contributed by atoms with Crippen molar-refractivity contribution in [2.75, 3.05) is 46.5 Å². The molecule has 0 saturated carbocycles. The van der Waals surface area contributed by atoms with Gasteiger partial charge in [0, 0.05) is 26.7 Å². The van der Waals surface area contributed by atoms with Crippen LogP contribution in [0.1, 0.15) is 0 Å². The number of rotatable bonds is 6. The van der Waals surface area contributed by atoms with Crippen molar-refractivity contribution in [1.29, 1.82) is 0 Å². The van der Waals surface area contributed by atoms with Crippen molar-refractivity contribution in [3.05, 3.63) is 12.7 Å². The Morgan fingerprint density at radius 1 is 1.63 bits per heavy atom. The second-order valence-electron chi connectivity index (χ2n) is 4.15. The van der Waals surface area contributed by atoms with E-state index in [2.05, 4.69) is 6.58 Å². The van der Waals surface area contributed by atoms with E-state index >= 15 is 0 Å². The van der Waals surface area contributed by atoms with Gasteiger partial charge in [0.2, 0.25) is 0 Å². The molecule has 1 fully saturated rings. The zero-order valence-electron chi connectivity index (χ0n) is 11.1. The van der Waals surface area contributed by atoms with E-state index in [0.717, 1.165) is 0 Å². The summed E-state index contributed by atoms with van der Waals surface area (Å²) in [4.78, 5) is 26.2. The van der Waals surface area contributed by atoms with E-state index in [9.17, 15) is 9.59 Å². The number of aliphatic carboxylic acids is 1. The number of ether oxygens (including phenoxy) is 2. The van der Waals surface area contributed by atoms with E-state index < -0.39 is 12.1 Å². The highest BCUT2D eigenvalue weighted by molar-refractivity contribution is 5.77. The van der Waals surface area contributed by atoms with Gasteiger partial charge in [0.05, 0.1) is 19.8 Å². The van der Waals surface area contributed by atoms with Crippen molar-refractivity contribution >= 4 is 12.0 Å². The number of morpholine rings is 1. The Hall–Kier alpha value is -1.60. The molecule has 1 aliphatic heterocycles. The number of hydrogen-bond donors (Lipinski definition) is 1. The molecule has 1 atom stereocenters. The van der Waals surface area contributed by atoms with Crippen molar-refractivity contribution < 1.29 is 24.2 Å². The van der Waals surface area contributed by atoms with E-state index in [4.69, 9.17) is 14.6 Å². The number of carboxylic acid groups (broad SMARTS) is 1. The van der Waals surface area contributed by atoms with Crippen LogP contribution in [0, 0.1) is 0 Å². The average Bonchev–Trinajstić information content (AvgIpc) is 2.42. The number of amides is 2. The third-order valence-corrected chi connectivity index (χ3v) is 2.80. The third kappa shape index (κ3) is 4.53. The van der Waals surface area contributed by atoms with Crippen molar-refractivity contribution in [2.45, 2.75) is 6.10 Å². The predicted molar refractivity (Wildman–Crippen MR) is 68.0 cm³/mol. The number of carboxylic acids is 1. The molecule has 1 saturated heterocycles. The molecule has 7 nitrogen and oxygen atoms in total. The molecule has 0 aromatic rings. The fourth-order valence-electron chi connectivity index (χ4n) is 1.79. The van der Waals surface area contributed by atoms with Crippen LogP contribution in [0.3, 0.4) is 0 Å². The first-order valence-electron chi connectivity index (χ1n) is 6.08. The molecule has 1 N–H and O–H groups in total. The van der Waals surface area contributed by atoms with Crippen molar-refractivity contribution in [3.63, 3.8) is 0 Å². The van der Waals surface area contributed by atoms with E-state index in [0.29, 0.717) is 26.2 Å². The minimum atomic E-state index is -1.05. The van der Waals surface area contributed by atoms with Crippen LogP contribution in [-0.4, -0.2) is 79.5 Å². The Morgan fingerprint density at radius 2 is 2.37 bits per heavy atom. The average molecular weight is 272 g/mol. The number of methoxy groups -OCH3 is 1. The number of hydrogen-bond acceptors (Lipinski definition) is 4. The van der Waals surface area contributed by atoms with Gasteiger partial charge in [0.15, 0.2) is 6.10 Å². The van der Waals surface area contributed by atoms with Crippen LogP contribution in [0.15, 0.2) is 12.7 Å². The molecule has 2 amide bonds. The molecular formula is C12H20N2O5. The lowest BCUT2D eigenvalue weighted by Crippen LogP contribution is -2.53. The fraction of sp³-hybridized carbons (Fsp3) is 0.667. The highest BCUT2D eigenvalue weighted by atomic mass is 16.5. The maximum Gasteiger partial charge on any atom is 0.334 e. The summed E-state index contributed by atoms with van der Waals surface area (Å²) < 4.78 is 10.0. The third-order valence-electron chi connectivity index (χ3n) is 2.80. The second-order valence-corrected chi connectivity index (χ2v) is 4.15. The summed E-state index contributed by atoms with van der Waals surface area (Å²) in [6.45, 7) is 5.56.